The van der Waals surface area contributed by atoms with Crippen LogP contribution in [0.2, 0.25) is 0 Å². The van der Waals surface area contributed by atoms with Gasteiger partial charge in [-0.2, -0.15) is 0 Å². The van der Waals surface area contributed by atoms with Crippen molar-refractivity contribution in [2.45, 2.75) is 17.7 Å². The predicted octanol–water partition coefficient (Wildman–Crippen LogP) is 3.67. The molecule has 0 aliphatic heterocycles. The first-order valence-corrected chi connectivity index (χ1v) is 10.4. The third-order valence-electron chi connectivity index (χ3n) is 3.81. The van der Waals surface area contributed by atoms with Gasteiger partial charge in [-0.25, -0.2) is 0 Å². The number of nitrogens with two attached hydrogens (primary N) is 1. The van der Waals surface area contributed by atoms with Crippen molar-refractivity contribution in [3.63, 3.8) is 0 Å². The number of carbonyl (C=O) groups is 2. The molecule has 0 aliphatic rings. The molecule has 0 atom stereocenters. The number of thioether (sulfide) groups is 1. The highest BCUT2D eigenvalue weighted by Crippen LogP contribution is 2.28. The molecule has 0 saturated heterocycles. The highest BCUT2D eigenvalue weighted by Gasteiger charge is 2.12. The summed E-state index contributed by atoms with van der Waals surface area (Å²) in [4.78, 5) is 23.6. The third-order valence-corrected chi connectivity index (χ3v) is 5.79. The molecule has 1 heterocycles. The number of carbonyl (C=O) groups excluding carboxylic acids is 2. The number of aryl methyl sites for hydroxylation is 1. The Morgan fingerprint density at radius 1 is 1.11 bits per heavy atom. The number of hydrogen-bond donors (Lipinski definition) is 3. The van der Waals surface area contributed by atoms with Crippen molar-refractivity contribution in [2.75, 3.05) is 16.4 Å². The van der Waals surface area contributed by atoms with Crippen molar-refractivity contribution in [3.05, 3.63) is 59.7 Å². The van der Waals surface area contributed by atoms with Gasteiger partial charge in [0, 0.05) is 5.69 Å². The molecule has 0 spiro atoms. The standard InChI is InChI=1S/C19H19N5O2S2/c1-2-12-7-9-13(10-8-12)21-18-23-24-19(28-18)27-11-16(25)22-15-6-4-3-5-14(15)17(20)26/h3-10H,2,11H2,1H3,(H2,20,26)(H,21,23)(H,22,25). The van der Waals surface area contributed by atoms with Crippen molar-refractivity contribution in [2.24, 2.45) is 5.73 Å². The van der Waals surface area contributed by atoms with Crippen LogP contribution in [0.3, 0.4) is 0 Å². The van der Waals surface area contributed by atoms with Gasteiger partial charge in [0.05, 0.1) is 17.0 Å². The van der Waals surface area contributed by atoms with E-state index in [9.17, 15) is 9.59 Å². The molecule has 2 amide bonds. The van der Waals surface area contributed by atoms with Crippen LogP contribution < -0.4 is 16.4 Å². The molecule has 0 aliphatic carbocycles. The molecule has 144 valence electrons. The Labute approximate surface area is 170 Å². The molecule has 0 radical (unpaired) electrons. The normalized spacial score (nSPS) is 10.5. The average Bonchev–Trinajstić information content (AvgIpc) is 3.14. The lowest BCUT2D eigenvalue weighted by atomic mass is 10.1. The Morgan fingerprint density at radius 2 is 1.86 bits per heavy atom. The van der Waals surface area contributed by atoms with E-state index in [0.717, 1.165) is 12.1 Å². The number of anilines is 3. The van der Waals surface area contributed by atoms with Gasteiger partial charge in [-0.3, -0.25) is 9.59 Å². The Balaban J connectivity index is 1.54. The Morgan fingerprint density at radius 3 is 2.57 bits per heavy atom. The number of primary amides is 1. The number of rotatable bonds is 8. The fraction of sp³-hybridized carbons (Fsp3) is 0.158. The van der Waals surface area contributed by atoms with Gasteiger partial charge in [0.2, 0.25) is 11.0 Å². The summed E-state index contributed by atoms with van der Waals surface area (Å²) < 4.78 is 0.672. The van der Waals surface area contributed by atoms with Gasteiger partial charge < -0.3 is 16.4 Å². The molecule has 0 bridgehead atoms. The maximum Gasteiger partial charge on any atom is 0.250 e. The smallest absolute Gasteiger partial charge is 0.250 e. The molecule has 0 unspecified atom stereocenters. The lowest BCUT2D eigenvalue weighted by Gasteiger charge is -2.07. The zero-order valence-corrected chi connectivity index (χ0v) is 16.8. The van der Waals surface area contributed by atoms with Crippen molar-refractivity contribution in [1.82, 2.24) is 10.2 Å². The average molecular weight is 414 g/mol. The molecular formula is C19H19N5O2S2. The molecule has 3 aromatic rings. The Bertz CT molecular complexity index is 972. The lowest BCUT2D eigenvalue weighted by Crippen LogP contribution is -2.19. The molecule has 3 rings (SSSR count). The van der Waals surface area contributed by atoms with Crippen molar-refractivity contribution < 1.29 is 9.59 Å². The zero-order chi connectivity index (χ0) is 19.9. The van der Waals surface area contributed by atoms with Crippen LogP contribution in [-0.2, 0) is 11.2 Å². The van der Waals surface area contributed by atoms with Crippen LogP contribution in [0.5, 0.6) is 0 Å². The molecule has 0 saturated carbocycles. The maximum atomic E-state index is 12.2. The highest BCUT2D eigenvalue weighted by atomic mass is 32.2. The fourth-order valence-electron chi connectivity index (χ4n) is 2.39. The van der Waals surface area contributed by atoms with Gasteiger partial charge in [0.1, 0.15) is 0 Å². The van der Waals surface area contributed by atoms with E-state index < -0.39 is 5.91 Å². The molecule has 0 fully saturated rings. The van der Waals surface area contributed by atoms with E-state index in [1.807, 2.05) is 12.1 Å². The maximum absolute atomic E-state index is 12.2. The van der Waals surface area contributed by atoms with Crippen LogP contribution in [0.15, 0.2) is 52.9 Å². The van der Waals surface area contributed by atoms with Crippen LogP contribution >= 0.6 is 23.1 Å². The van der Waals surface area contributed by atoms with E-state index in [-0.39, 0.29) is 17.2 Å². The summed E-state index contributed by atoms with van der Waals surface area (Å²) in [7, 11) is 0. The lowest BCUT2D eigenvalue weighted by molar-refractivity contribution is -0.113. The molecule has 2 aromatic carbocycles. The first kappa shape index (κ1) is 19.8. The highest BCUT2D eigenvalue weighted by molar-refractivity contribution is 8.01. The Kier molecular flexibility index (Phi) is 6.62. The molecule has 28 heavy (non-hydrogen) atoms. The van der Waals surface area contributed by atoms with Crippen molar-refractivity contribution in [3.8, 4) is 0 Å². The van der Waals surface area contributed by atoms with Crippen molar-refractivity contribution in [1.29, 1.82) is 0 Å². The summed E-state index contributed by atoms with van der Waals surface area (Å²) in [5, 5.41) is 14.7. The third kappa shape index (κ3) is 5.30. The minimum Gasteiger partial charge on any atom is -0.366 e. The Hall–Kier alpha value is -2.91. The second kappa shape index (κ2) is 9.34. The van der Waals surface area contributed by atoms with Crippen LogP contribution in [0.25, 0.3) is 0 Å². The van der Waals surface area contributed by atoms with E-state index >= 15 is 0 Å². The van der Waals surface area contributed by atoms with Crippen LogP contribution in [0, 0.1) is 0 Å². The number of para-hydroxylation sites is 1. The largest absolute Gasteiger partial charge is 0.366 e. The number of benzene rings is 2. The first-order chi connectivity index (χ1) is 13.5. The number of aromatic nitrogens is 2. The molecule has 7 nitrogen and oxygen atoms in total. The van der Waals surface area contributed by atoms with Gasteiger partial charge in [0.15, 0.2) is 4.34 Å². The van der Waals surface area contributed by atoms with Crippen LogP contribution in [-0.4, -0.2) is 27.8 Å². The monoisotopic (exact) mass is 413 g/mol. The zero-order valence-electron chi connectivity index (χ0n) is 15.1. The minimum absolute atomic E-state index is 0.146. The predicted molar refractivity (Wildman–Crippen MR) is 113 cm³/mol. The summed E-state index contributed by atoms with van der Waals surface area (Å²) >= 11 is 2.65. The van der Waals surface area contributed by atoms with Crippen LogP contribution in [0.1, 0.15) is 22.8 Å². The topological polar surface area (TPSA) is 110 Å². The van der Waals surface area contributed by atoms with Gasteiger partial charge >= 0.3 is 0 Å². The second-order valence-electron chi connectivity index (χ2n) is 5.80. The van der Waals surface area contributed by atoms with Gasteiger partial charge in [-0.1, -0.05) is 54.3 Å². The fourth-order valence-corrected chi connectivity index (χ4v) is 3.96. The summed E-state index contributed by atoms with van der Waals surface area (Å²) in [6.45, 7) is 2.11. The van der Waals surface area contributed by atoms with Gasteiger partial charge in [-0.15, -0.1) is 10.2 Å². The number of nitrogens with zero attached hydrogens (tertiary/aromatic N) is 2. The summed E-state index contributed by atoms with van der Waals surface area (Å²) in [5.74, 6) is -0.693. The SMILES string of the molecule is CCc1ccc(Nc2nnc(SCC(=O)Nc3ccccc3C(N)=O)s2)cc1. The number of hydrogen-bond acceptors (Lipinski definition) is 7. The van der Waals surface area contributed by atoms with Crippen molar-refractivity contribution >= 4 is 51.4 Å². The van der Waals surface area contributed by atoms with Crippen LogP contribution in [0.4, 0.5) is 16.5 Å². The quantitative estimate of drug-likeness (QED) is 0.486. The van der Waals surface area contributed by atoms with E-state index in [2.05, 4.69) is 39.9 Å². The first-order valence-electron chi connectivity index (χ1n) is 8.56. The summed E-state index contributed by atoms with van der Waals surface area (Å²) in [6.07, 6.45) is 0.992. The minimum atomic E-state index is -0.588. The molecule has 4 N–H and O–H groups in total. The second-order valence-corrected chi connectivity index (χ2v) is 8.00. The number of nitrogens with one attached hydrogen (secondary N) is 2. The van der Waals surface area contributed by atoms with E-state index in [1.165, 1.54) is 28.7 Å². The summed E-state index contributed by atoms with van der Waals surface area (Å²) in [5.41, 5.74) is 8.20. The molecule has 9 heteroatoms. The van der Waals surface area contributed by atoms with E-state index in [0.29, 0.717) is 15.2 Å². The van der Waals surface area contributed by atoms with E-state index in [4.69, 9.17) is 5.73 Å². The van der Waals surface area contributed by atoms with E-state index in [1.54, 1.807) is 24.3 Å². The molecule has 1 aromatic heterocycles. The summed E-state index contributed by atoms with van der Waals surface area (Å²) in [6, 6.07) is 14.7. The number of amides is 2. The molecular weight excluding hydrogens is 394 g/mol. The van der Waals surface area contributed by atoms with Gasteiger partial charge in [-0.05, 0) is 36.2 Å². The van der Waals surface area contributed by atoms with Gasteiger partial charge in [0.25, 0.3) is 5.91 Å².